The van der Waals surface area contributed by atoms with Crippen LogP contribution < -0.4 is 0 Å². The smallest absolute Gasteiger partial charge is 0.173 e. The van der Waals surface area contributed by atoms with E-state index in [1.54, 1.807) is 0 Å². The maximum Gasteiger partial charge on any atom is 0.173 e. The molecule has 0 saturated heterocycles. The van der Waals surface area contributed by atoms with Crippen molar-refractivity contribution in [3.05, 3.63) is 89.2 Å². The molecule has 1 aliphatic rings. The van der Waals surface area contributed by atoms with Gasteiger partial charge >= 0.3 is 0 Å². The van der Waals surface area contributed by atoms with Crippen molar-refractivity contribution >= 4 is 51.4 Å². The minimum absolute atomic E-state index is 0.686. The van der Waals surface area contributed by atoms with E-state index < -0.39 is 0 Å². The van der Waals surface area contributed by atoms with Gasteiger partial charge in [-0.2, -0.15) is 0 Å². The molecule has 0 saturated carbocycles. The fraction of sp³-hybridized carbons (Fsp3) is 0. The Morgan fingerprint density at radius 1 is 0.692 bits per heavy atom. The second-order valence-electron chi connectivity index (χ2n) is 6.12. The maximum atomic E-state index is 5.94. The highest BCUT2D eigenvalue weighted by atomic mass is 32.1. The van der Waals surface area contributed by atoms with Gasteiger partial charge in [0.1, 0.15) is 11.5 Å². The Bertz CT molecular complexity index is 1140. The van der Waals surface area contributed by atoms with Crippen LogP contribution in [0.25, 0.3) is 28.6 Å². The molecule has 0 N–H and O–H groups in total. The fourth-order valence-corrected chi connectivity index (χ4v) is 3.96. The molecule has 2 aromatic heterocycles. The normalized spacial score (nSPS) is 13.5. The lowest BCUT2D eigenvalue weighted by molar-refractivity contribution is 0.602. The molecule has 0 spiro atoms. The lowest BCUT2D eigenvalue weighted by Gasteiger charge is -1.96. The first kappa shape index (κ1) is 15.4. The van der Waals surface area contributed by atoms with E-state index in [4.69, 9.17) is 33.3 Å². The average molecular weight is 372 g/mol. The molecule has 2 aromatic carbocycles. The Morgan fingerprint density at radius 3 is 1.96 bits per heavy atom. The number of furan rings is 2. The summed E-state index contributed by atoms with van der Waals surface area (Å²) in [6.45, 7) is 0. The number of benzene rings is 2. The molecule has 4 aromatic rings. The van der Waals surface area contributed by atoms with Crippen molar-refractivity contribution in [2.75, 3.05) is 0 Å². The molecule has 0 aliphatic heterocycles. The van der Waals surface area contributed by atoms with Crippen molar-refractivity contribution in [1.29, 1.82) is 0 Å². The van der Waals surface area contributed by atoms with E-state index in [0.29, 0.717) is 16.9 Å². The zero-order valence-corrected chi connectivity index (χ0v) is 15.2. The van der Waals surface area contributed by atoms with Crippen LogP contribution in [0.15, 0.2) is 81.1 Å². The molecule has 0 bridgehead atoms. The molecule has 0 unspecified atom stereocenters. The summed E-state index contributed by atoms with van der Waals surface area (Å²) in [5.74, 6) is 1.48. The molecular formula is C22H12O2S2. The topological polar surface area (TPSA) is 26.3 Å². The van der Waals surface area contributed by atoms with Gasteiger partial charge in [0.2, 0.25) is 0 Å². The molecule has 4 heteroatoms. The summed E-state index contributed by atoms with van der Waals surface area (Å²) >= 11 is 11.2. The first-order valence-electron chi connectivity index (χ1n) is 8.19. The first-order valence-corrected chi connectivity index (χ1v) is 9.01. The second kappa shape index (κ2) is 5.87. The molecule has 5 rings (SSSR count). The lowest BCUT2D eigenvalue weighted by atomic mass is 10.1. The van der Waals surface area contributed by atoms with Crippen LogP contribution >= 0.6 is 24.4 Å². The van der Waals surface area contributed by atoms with Crippen LogP contribution in [0, 0.1) is 0 Å². The molecule has 2 heterocycles. The van der Waals surface area contributed by atoms with Crippen molar-refractivity contribution in [2.24, 2.45) is 0 Å². The highest BCUT2D eigenvalue weighted by Crippen LogP contribution is 2.33. The number of fused-ring (bicyclic) bond motifs is 2. The zero-order chi connectivity index (χ0) is 17.7. The van der Waals surface area contributed by atoms with E-state index in [1.165, 1.54) is 0 Å². The number of rotatable bonds is 2. The SMILES string of the molecule is S=C1C(=Cc2cc3oc(-c4ccccc4)cc3o2)C(=S)c2ccccc21. The van der Waals surface area contributed by atoms with Crippen molar-refractivity contribution in [3.8, 4) is 11.3 Å². The van der Waals surface area contributed by atoms with Gasteiger partial charge in [-0.15, -0.1) is 0 Å². The number of hydrogen-bond donors (Lipinski definition) is 0. The Labute approximate surface area is 160 Å². The van der Waals surface area contributed by atoms with Gasteiger partial charge in [0, 0.05) is 34.4 Å². The van der Waals surface area contributed by atoms with Gasteiger partial charge in [0.15, 0.2) is 11.2 Å². The second-order valence-corrected chi connectivity index (χ2v) is 6.93. The third-order valence-corrected chi connectivity index (χ3v) is 5.36. The summed E-state index contributed by atoms with van der Waals surface area (Å²) in [5.41, 5.74) is 5.33. The van der Waals surface area contributed by atoms with Crippen LogP contribution in [-0.4, -0.2) is 9.73 Å². The minimum Gasteiger partial charge on any atom is -0.453 e. The molecule has 0 amide bonds. The Balaban J connectivity index is 1.53. The number of thiocarbonyl (C=S) groups is 2. The summed E-state index contributed by atoms with van der Waals surface area (Å²) < 4.78 is 11.9. The predicted molar refractivity (Wildman–Crippen MR) is 112 cm³/mol. The zero-order valence-electron chi connectivity index (χ0n) is 13.6. The number of hydrogen-bond acceptors (Lipinski definition) is 4. The van der Waals surface area contributed by atoms with Crippen molar-refractivity contribution in [2.45, 2.75) is 0 Å². The van der Waals surface area contributed by atoms with Gasteiger partial charge in [-0.3, -0.25) is 0 Å². The number of allylic oxidation sites excluding steroid dienone is 1. The van der Waals surface area contributed by atoms with Gasteiger partial charge in [-0.1, -0.05) is 79.0 Å². The van der Waals surface area contributed by atoms with Crippen LogP contribution in [0.3, 0.4) is 0 Å². The molecule has 26 heavy (non-hydrogen) atoms. The van der Waals surface area contributed by atoms with E-state index in [1.807, 2.05) is 72.8 Å². The van der Waals surface area contributed by atoms with E-state index in [2.05, 4.69) is 0 Å². The summed E-state index contributed by atoms with van der Waals surface area (Å²) in [4.78, 5) is 1.53. The molecule has 2 nitrogen and oxygen atoms in total. The Hall–Kier alpha value is -2.82. The monoisotopic (exact) mass is 372 g/mol. The van der Waals surface area contributed by atoms with Crippen molar-refractivity contribution < 1.29 is 8.83 Å². The van der Waals surface area contributed by atoms with Gasteiger partial charge in [0.05, 0.1) is 9.73 Å². The van der Waals surface area contributed by atoms with Crippen molar-refractivity contribution in [1.82, 2.24) is 0 Å². The van der Waals surface area contributed by atoms with E-state index in [-0.39, 0.29) is 0 Å². The molecule has 1 aliphatic carbocycles. The molecule has 0 fully saturated rings. The van der Waals surface area contributed by atoms with Crippen LogP contribution in [-0.2, 0) is 0 Å². The fourth-order valence-electron chi connectivity index (χ4n) is 3.22. The van der Waals surface area contributed by atoms with Crippen LogP contribution in [0.1, 0.15) is 16.9 Å². The summed E-state index contributed by atoms with van der Waals surface area (Å²) in [6, 6.07) is 21.7. The Morgan fingerprint density at radius 2 is 1.31 bits per heavy atom. The van der Waals surface area contributed by atoms with Gasteiger partial charge in [-0.25, -0.2) is 0 Å². The van der Waals surface area contributed by atoms with Gasteiger partial charge < -0.3 is 8.83 Å². The molecule has 124 valence electrons. The molecule has 0 radical (unpaired) electrons. The standard InChI is InChI=1S/C22H12O2S2/c25-21-15-8-4-5-9-16(15)22(26)17(21)10-14-11-19-20(23-14)12-18(24-19)13-6-2-1-3-7-13/h1-12H. The largest absolute Gasteiger partial charge is 0.453 e. The van der Waals surface area contributed by atoms with E-state index >= 15 is 0 Å². The van der Waals surface area contributed by atoms with Crippen LogP contribution in [0.2, 0.25) is 0 Å². The van der Waals surface area contributed by atoms with Crippen LogP contribution in [0.4, 0.5) is 0 Å². The Kier molecular flexibility index (Phi) is 3.48. The van der Waals surface area contributed by atoms with E-state index in [9.17, 15) is 0 Å². The lowest BCUT2D eigenvalue weighted by Crippen LogP contribution is -1.97. The quantitative estimate of drug-likeness (QED) is 0.308. The van der Waals surface area contributed by atoms with Gasteiger partial charge in [0.25, 0.3) is 0 Å². The average Bonchev–Trinajstić information content (AvgIpc) is 3.30. The highest BCUT2D eigenvalue weighted by Gasteiger charge is 2.26. The highest BCUT2D eigenvalue weighted by molar-refractivity contribution is 7.84. The van der Waals surface area contributed by atoms with E-state index in [0.717, 1.165) is 37.8 Å². The maximum absolute atomic E-state index is 5.94. The third-order valence-electron chi connectivity index (χ3n) is 4.48. The summed E-state index contributed by atoms with van der Waals surface area (Å²) in [5, 5.41) is 0. The van der Waals surface area contributed by atoms with Crippen LogP contribution in [0.5, 0.6) is 0 Å². The molecule has 0 atom stereocenters. The minimum atomic E-state index is 0.686. The first-order chi connectivity index (χ1) is 12.7. The summed E-state index contributed by atoms with van der Waals surface area (Å²) in [6.07, 6.45) is 1.91. The van der Waals surface area contributed by atoms with Gasteiger partial charge in [-0.05, 0) is 6.08 Å². The van der Waals surface area contributed by atoms with Crippen molar-refractivity contribution in [3.63, 3.8) is 0 Å². The summed E-state index contributed by atoms with van der Waals surface area (Å²) in [7, 11) is 0. The predicted octanol–water partition coefficient (Wildman–Crippen LogP) is 6.23. The third kappa shape index (κ3) is 2.38. The molecular weight excluding hydrogens is 360 g/mol.